The molecule has 1 amide bonds. The molecule has 1 fully saturated rings. The van der Waals surface area contributed by atoms with E-state index in [1.165, 1.54) is 0 Å². The Morgan fingerprint density at radius 2 is 1.81 bits per heavy atom. The second-order valence-corrected chi connectivity index (χ2v) is 4.25. The van der Waals surface area contributed by atoms with Crippen molar-refractivity contribution in [3.05, 3.63) is 35.4 Å². The Bertz CT molecular complexity index is 359. The van der Waals surface area contributed by atoms with Gasteiger partial charge in [-0.05, 0) is 24.0 Å². The summed E-state index contributed by atoms with van der Waals surface area (Å²) in [4.78, 5) is 13.5. The molecule has 86 valence electrons. The predicted molar refractivity (Wildman–Crippen MR) is 61.6 cm³/mol. The first-order valence-corrected chi connectivity index (χ1v) is 5.76. The van der Waals surface area contributed by atoms with Crippen LogP contribution in [0.2, 0.25) is 0 Å². The number of nitrogens with zero attached hydrogens (tertiary/aromatic N) is 1. The zero-order valence-corrected chi connectivity index (χ0v) is 9.35. The quantitative estimate of drug-likeness (QED) is 0.840. The molecule has 3 nitrogen and oxygen atoms in total. The highest BCUT2D eigenvalue weighted by atomic mass is 16.3. The van der Waals surface area contributed by atoms with E-state index in [1.54, 1.807) is 0 Å². The van der Waals surface area contributed by atoms with Gasteiger partial charge in [-0.15, -0.1) is 0 Å². The molecule has 0 unspecified atom stereocenters. The number of amides is 1. The van der Waals surface area contributed by atoms with Crippen LogP contribution in [0.15, 0.2) is 24.3 Å². The molecular weight excluding hydrogens is 202 g/mol. The largest absolute Gasteiger partial charge is 0.392 e. The van der Waals surface area contributed by atoms with Crippen LogP contribution in [0.5, 0.6) is 0 Å². The maximum atomic E-state index is 11.6. The lowest BCUT2D eigenvalue weighted by Gasteiger charge is -2.26. The summed E-state index contributed by atoms with van der Waals surface area (Å²) in [7, 11) is 0. The van der Waals surface area contributed by atoms with Crippen LogP contribution < -0.4 is 0 Å². The highest BCUT2D eigenvalue weighted by Crippen LogP contribution is 2.14. The predicted octanol–water partition coefficient (Wildman–Crippen LogP) is 1.69. The number of aliphatic hydroxyl groups is 1. The summed E-state index contributed by atoms with van der Waals surface area (Å²) in [6.45, 7) is 1.65. The number of hydrogen-bond acceptors (Lipinski definition) is 2. The molecule has 1 heterocycles. The molecule has 0 saturated carbocycles. The van der Waals surface area contributed by atoms with Gasteiger partial charge in [0, 0.05) is 19.5 Å². The van der Waals surface area contributed by atoms with Gasteiger partial charge in [0.25, 0.3) is 0 Å². The molecule has 1 aliphatic rings. The van der Waals surface area contributed by atoms with Gasteiger partial charge >= 0.3 is 0 Å². The third-order valence-corrected chi connectivity index (χ3v) is 3.00. The van der Waals surface area contributed by atoms with Crippen LogP contribution in [-0.4, -0.2) is 22.5 Å². The van der Waals surface area contributed by atoms with Crippen LogP contribution in [-0.2, 0) is 17.9 Å². The molecular formula is C13H17NO2. The van der Waals surface area contributed by atoms with Gasteiger partial charge in [0.15, 0.2) is 0 Å². The van der Waals surface area contributed by atoms with Crippen molar-refractivity contribution < 1.29 is 9.90 Å². The summed E-state index contributed by atoms with van der Waals surface area (Å²) in [6.07, 6.45) is 2.83. The van der Waals surface area contributed by atoms with E-state index < -0.39 is 0 Å². The van der Waals surface area contributed by atoms with E-state index in [2.05, 4.69) is 0 Å². The molecule has 0 aromatic heterocycles. The van der Waals surface area contributed by atoms with Crippen molar-refractivity contribution in [2.24, 2.45) is 0 Å². The molecule has 0 bridgehead atoms. The fourth-order valence-corrected chi connectivity index (χ4v) is 2.00. The molecule has 0 aliphatic carbocycles. The first kappa shape index (κ1) is 11.1. The van der Waals surface area contributed by atoms with Crippen molar-refractivity contribution in [3.8, 4) is 0 Å². The van der Waals surface area contributed by atoms with Gasteiger partial charge < -0.3 is 10.0 Å². The number of rotatable bonds is 3. The van der Waals surface area contributed by atoms with Gasteiger partial charge in [-0.25, -0.2) is 0 Å². The summed E-state index contributed by atoms with van der Waals surface area (Å²) in [5.41, 5.74) is 2.04. The highest BCUT2D eigenvalue weighted by molar-refractivity contribution is 5.76. The summed E-state index contributed by atoms with van der Waals surface area (Å²) in [5, 5.41) is 8.93. The van der Waals surface area contributed by atoms with Crippen LogP contribution in [0.25, 0.3) is 0 Å². The fraction of sp³-hybridized carbons (Fsp3) is 0.462. The number of hydrogen-bond donors (Lipinski definition) is 1. The lowest BCUT2D eigenvalue weighted by Crippen LogP contribution is -2.34. The Kier molecular flexibility index (Phi) is 3.57. The zero-order chi connectivity index (χ0) is 11.4. The Labute approximate surface area is 95.7 Å². The molecule has 16 heavy (non-hydrogen) atoms. The maximum absolute atomic E-state index is 11.6. The number of carbonyl (C=O) groups excluding carboxylic acids is 1. The monoisotopic (exact) mass is 219 g/mol. The fourth-order valence-electron chi connectivity index (χ4n) is 2.00. The Morgan fingerprint density at radius 3 is 2.44 bits per heavy atom. The molecule has 1 aromatic rings. The van der Waals surface area contributed by atoms with E-state index in [-0.39, 0.29) is 12.5 Å². The topological polar surface area (TPSA) is 40.5 Å². The second-order valence-electron chi connectivity index (χ2n) is 4.25. The van der Waals surface area contributed by atoms with Gasteiger partial charge in [-0.3, -0.25) is 4.79 Å². The second kappa shape index (κ2) is 5.12. The van der Waals surface area contributed by atoms with E-state index in [4.69, 9.17) is 5.11 Å². The van der Waals surface area contributed by atoms with Crippen LogP contribution in [0, 0.1) is 0 Å². The molecule has 1 N–H and O–H groups in total. The molecule has 3 heteroatoms. The van der Waals surface area contributed by atoms with E-state index in [0.29, 0.717) is 13.0 Å². The van der Waals surface area contributed by atoms with Gasteiger partial charge in [-0.1, -0.05) is 24.3 Å². The molecule has 0 spiro atoms. The minimum Gasteiger partial charge on any atom is -0.392 e. The molecule has 1 saturated heterocycles. The van der Waals surface area contributed by atoms with Gasteiger partial charge in [0.05, 0.1) is 6.61 Å². The number of benzene rings is 1. The molecule has 1 aromatic carbocycles. The minimum atomic E-state index is 0.0723. The molecule has 0 radical (unpaired) electrons. The number of likely N-dealkylation sites (tertiary alicyclic amines) is 1. The lowest BCUT2D eigenvalue weighted by molar-refractivity contribution is -0.133. The zero-order valence-electron chi connectivity index (χ0n) is 9.35. The average molecular weight is 219 g/mol. The van der Waals surface area contributed by atoms with Crippen molar-refractivity contribution in [1.29, 1.82) is 0 Å². The van der Waals surface area contributed by atoms with E-state index in [0.717, 1.165) is 30.5 Å². The first-order chi connectivity index (χ1) is 7.79. The van der Waals surface area contributed by atoms with Crippen molar-refractivity contribution >= 4 is 5.91 Å². The Balaban J connectivity index is 1.99. The maximum Gasteiger partial charge on any atom is 0.222 e. The first-order valence-electron chi connectivity index (χ1n) is 5.76. The third kappa shape index (κ3) is 2.61. The number of aliphatic hydroxyl groups excluding tert-OH is 1. The van der Waals surface area contributed by atoms with Crippen molar-refractivity contribution in [1.82, 2.24) is 4.90 Å². The average Bonchev–Trinajstić information content (AvgIpc) is 2.33. The Hall–Kier alpha value is -1.35. The third-order valence-electron chi connectivity index (χ3n) is 3.00. The highest BCUT2D eigenvalue weighted by Gasteiger charge is 2.17. The molecule has 2 rings (SSSR count). The smallest absolute Gasteiger partial charge is 0.222 e. The molecule has 1 aliphatic heterocycles. The lowest BCUT2D eigenvalue weighted by atomic mass is 10.1. The minimum absolute atomic E-state index is 0.0723. The van der Waals surface area contributed by atoms with E-state index in [9.17, 15) is 4.79 Å². The normalized spacial score (nSPS) is 16.6. The van der Waals surface area contributed by atoms with Gasteiger partial charge in [0.2, 0.25) is 5.91 Å². The van der Waals surface area contributed by atoms with Crippen LogP contribution >= 0.6 is 0 Å². The van der Waals surface area contributed by atoms with Crippen LogP contribution in [0.3, 0.4) is 0 Å². The summed E-state index contributed by atoms with van der Waals surface area (Å²) in [6, 6.07) is 7.77. The summed E-state index contributed by atoms with van der Waals surface area (Å²) in [5.74, 6) is 0.262. The Morgan fingerprint density at radius 1 is 1.12 bits per heavy atom. The molecule has 0 atom stereocenters. The van der Waals surface area contributed by atoms with Crippen molar-refractivity contribution in [2.45, 2.75) is 32.4 Å². The number of carbonyl (C=O) groups is 1. The number of piperidine rings is 1. The van der Waals surface area contributed by atoms with E-state index >= 15 is 0 Å². The SMILES string of the molecule is O=C1CCCCN1Cc1ccc(CO)cc1. The summed E-state index contributed by atoms with van der Waals surface area (Å²) < 4.78 is 0. The van der Waals surface area contributed by atoms with E-state index in [1.807, 2.05) is 29.2 Å². The van der Waals surface area contributed by atoms with Crippen molar-refractivity contribution in [2.75, 3.05) is 6.54 Å². The standard InChI is InChI=1S/C13H17NO2/c15-10-12-6-4-11(5-7-12)9-14-8-2-1-3-13(14)16/h4-7,15H,1-3,8-10H2. The van der Waals surface area contributed by atoms with Crippen LogP contribution in [0.1, 0.15) is 30.4 Å². The van der Waals surface area contributed by atoms with Crippen LogP contribution in [0.4, 0.5) is 0 Å². The van der Waals surface area contributed by atoms with Gasteiger partial charge in [0.1, 0.15) is 0 Å². The van der Waals surface area contributed by atoms with Gasteiger partial charge in [-0.2, -0.15) is 0 Å². The van der Waals surface area contributed by atoms with Crippen molar-refractivity contribution in [3.63, 3.8) is 0 Å². The summed E-state index contributed by atoms with van der Waals surface area (Å²) >= 11 is 0.